The molecule has 0 saturated carbocycles. The molecule has 150 valence electrons. The van der Waals surface area contributed by atoms with E-state index in [1.807, 2.05) is 12.1 Å². The second-order valence-electron chi connectivity index (χ2n) is 7.00. The lowest BCUT2D eigenvalue weighted by atomic mass is 10.0. The van der Waals surface area contributed by atoms with Crippen LogP contribution in [0.3, 0.4) is 0 Å². The van der Waals surface area contributed by atoms with Crippen LogP contribution in [-0.2, 0) is 11.2 Å². The lowest BCUT2D eigenvalue weighted by Crippen LogP contribution is -2.49. The molecule has 0 aliphatic carbocycles. The number of amides is 2. The maximum atomic E-state index is 12.9. The first-order chi connectivity index (χ1) is 14.1. The normalized spacial score (nSPS) is 18.2. The lowest BCUT2D eigenvalue weighted by molar-refractivity contribution is -0.133. The Labute approximate surface area is 168 Å². The highest BCUT2D eigenvalue weighted by Gasteiger charge is 2.41. The van der Waals surface area contributed by atoms with Gasteiger partial charge < -0.3 is 4.90 Å². The van der Waals surface area contributed by atoms with Crippen LogP contribution in [0.4, 0.5) is 0 Å². The molecule has 3 rings (SSSR count). The van der Waals surface area contributed by atoms with Gasteiger partial charge in [0, 0.05) is 17.0 Å². The van der Waals surface area contributed by atoms with E-state index in [-0.39, 0.29) is 12.5 Å². The molecule has 0 radical (unpaired) electrons. The van der Waals surface area contributed by atoms with Crippen molar-refractivity contribution in [3.05, 3.63) is 70.1 Å². The summed E-state index contributed by atoms with van der Waals surface area (Å²) >= 11 is 0. The molecule has 0 spiro atoms. The van der Waals surface area contributed by atoms with Crippen molar-refractivity contribution in [2.45, 2.75) is 38.3 Å². The van der Waals surface area contributed by atoms with Crippen molar-refractivity contribution in [2.75, 3.05) is 6.54 Å². The average molecular weight is 393 g/mol. The molecule has 1 saturated heterocycles. The van der Waals surface area contributed by atoms with E-state index >= 15 is 0 Å². The zero-order valence-corrected chi connectivity index (χ0v) is 16.2. The number of benzene rings is 2. The first kappa shape index (κ1) is 20.4. The van der Waals surface area contributed by atoms with Crippen molar-refractivity contribution >= 4 is 11.8 Å². The van der Waals surface area contributed by atoms with E-state index in [4.69, 9.17) is 10.7 Å². The van der Waals surface area contributed by atoms with Crippen LogP contribution in [0.15, 0.2) is 53.6 Å². The molecule has 1 aliphatic heterocycles. The van der Waals surface area contributed by atoms with Gasteiger partial charge in [-0.05, 0) is 47.2 Å². The third-order valence-electron chi connectivity index (χ3n) is 5.16. The van der Waals surface area contributed by atoms with E-state index < -0.39 is 18.0 Å². The SMILES string of the molecule is CCCc1ccc(-c2ccc(C(=O)N3CC[C@H](N=[N+]=[N-])[C@H]3C(=O)NO)cc2)cc1. The van der Waals surface area contributed by atoms with Crippen molar-refractivity contribution in [1.29, 1.82) is 0 Å². The van der Waals surface area contributed by atoms with Crippen molar-refractivity contribution < 1.29 is 14.8 Å². The summed E-state index contributed by atoms with van der Waals surface area (Å²) in [7, 11) is 0. The van der Waals surface area contributed by atoms with Crippen molar-refractivity contribution in [3.8, 4) is 11.1 Å². The predicted molar refractivity (Wildman–Crippen MR) is 108 cm³/mol. The van der Waals surface area contributed by atoms with Gasteiger partial charge in [0.15, 0.2) is 0 Å². The lowest BCUT2D eigenvalue weighted by Gasteiger charge is -2.25. The van der Waals surface area contributed by atoms with Gasteiger partial charge in [-0.15, -0.1) is 0 Å². The van der Waals surface area contributed by atoms with Crippen LogP contribution in [0.5, 0.6) is 0 Å². The second-order valence-corrected chi connectivity index (χ2v) is 7.00. The average Bonchev–Trinajstić information content (AvgIpc) is 3.17. The highest BCUT2D eigenvalue weighted by atomic mass is 16.5. The second kappa shape index (κ2) is 9.23. The first-order valence-electron chi connectivity index (χ1n) is 9.57. The van der Waals surface area contributed by atoms with Crippen LogP contribution in [0, 0.1) is 0 Å². The minimum atomic E-state index is -1.03. The van der Waals surface area contributed by atoms with Crippen LogP contribution in [0.2, 0.25) is 0 Å². The highest BCUT2D eigenvalue weighted by Crippen LogP contribution is 2.26. The number of nitrogens with zero attached hydrogens (tertiary/aromatic N) is 4. The zero-order valence-electron chi connectivity index (χ0n) is 16.2. The van der Waals surface area contributed by atoms with E-state index in [0.717, 1.165) is 24.0 Å². The summed E-state index contributed by atoms with van der Waals surface area (Å²) in [6.45, 7) is 2.41. The molecule has 2 aromatic rings. The highest BCUT2D eigenvalue weighted by molar-refractivity contribution is 5.98. The summed E-state index contributed by atoms with van der Waals surface area (Å²) in [4.78, 5) is 29.0. The Morgan fingerprint density at radius 1 is 1.17 bits per heavy atom. The molecule has 1 heterocycles. The van der Waals surface area contributed by atoms with Gasteiger partial charge in [0.25, 0.3) is 11.8 Å². The topological polar surface area (TPSA) is 118 Å². The molecular formula is C21H23N5O3. The van der Waals surface area contributed by atoms with Gasteiger partial charge >= 0.3 is 0 Å². The minimum absolute atomic E-state index is 0.265. The van der Waals surface area contributed by atoms with Gasteiger partial charge in [-0.1, -0.05) is 54.9 Å². The minimum Gasteiger partial charge on any atom is -0.326 e. The molecule has 2 amide bonds. The Kier molecular flexibility index (Phi) is 6.49. The first-order valence-corrected chi connectivity index (χ1v) is 9.57. The van der Waals surface area contributed by atoms with E-state index in [9.17, 15) is 9.59 Å². The number of likely N-dealkylation sites (tertiary alicyclic amines) is 1. The number of azide groups is 1. The van der Waals surface area contributed by atoms with Gasteiger partial charge in [-0.2, -0.15) is 0 Å². The van der Waals surface area contributed by atoms with E-state index in [0.29, 0.717) is 12.0 Å². The zero-order chi connectivity index (χ0) is 20.8. The fourth-order valence-electron chi connectivity index (χ4n) is 3.70. The van der Waals surface area contributed by atoms with Gasteiger partial charge in [-0.3, -0.25) is 14.8 Å². The van der Waals surface area contributed by atoms with Crippen LogP contribution in [0.1, 0.15) is 35.7 Å². The number of carbonyl (C=O) groups is 2. The Bertz CT molecular complexity index is 920. The summed E-state index contributed by atoms with van der Waals surface area (Å²) < 4.78 is 0. The Morgan fingerprint density at radius 3 is 2.34 bits per heavy atom. The number of carbonyl (C=O) groups excluding carboxylic acids is 2. The van der Waals surface area contributed by atoms with Crippen molar-refractivity contribution in [1.82, 2.24) is 10.4 Å². The Morgan fingerprint density at radius 2 is 1.79 bits per heavy atom. The number of aryl methyl sites for hydroxylation is 1. The third kappa shape index (κ3) is 4.39. The summed E-state index contributed by atoms with van der Waals surface area (Å²) in [5, 5.41) is 12.6. The Hall–Kier alpha value is -3.35. The van der Waals surface area contributed by atoms with Crippen LogP contribution < -0.4 is 5.48 Å². The molecule has 2 atom stereocenters. The molecule has 2 aromatic carbocycles. The van der Waals surface area contributed by atoms with Crippen LogP contribution in [0.25, 0.3) is 21.6 Å². The standard InChI is InChI=1S/C21H23N5O3/c1-2-3-14-4-6-15(7-5-14)16-8-10-17(11-9-16)21(28)26-13-12-18(23-25-22)19(26)20(27)24-29/h4-11,18-19,29H,2-3,12-13H2,1H3,(H,24,27)/t18-,19-/m0/s1. The molecule has 0 bridgehead atoms. The molecule has 1 fully saturated rings. The summed E-state index contributed by atoms with van der Waals surface area (Å²) in [6.07, 6.45) is 2.50. The quantitative estimate of drug-likeness (QED) is 0.256. The molecule has 8 heteroatoms. The van der Waals surface area contributed by atoms with Gasteiger partial charge in [0.1, 0.15) is 6.04 Å². The number of nitrogens with one attached hydrogen (secondary N) is 1. The monoisotopic (exact) mass is 393 g/mol. The summed E-state index contributed by atoms with van der Waals surface area (Å²) in [6, 6.07) is 13.8. The molecule has 0 unspecified atom stereocenters. The van der Waals surface area contributed by atoms with E-state index in [2.05, 4.69) is 41.2 Å². The number of hydrogen-bond donors (Lipinski definition) is 2. The van der Waals surface area contributed by atoms with E-state index in [1.54, 1.807) is 17.6 Å². The van der Waals surface area contributed by atoms with Gasteiger partial charge in [0.05, 0.1) is 6.04 Å². The summed E-state index contributed by atoms with van der Waals surface area (Å²) in [5.74, 6) is -1.11. The van der Waals surface area contributed by atoms with Gasteiger partial charge in [-0.25, -0.2) is 5.48 Å². The van der Waals surface area contributed by atoms with Crippen LogP contribution >= 0.6 is 0 Å². The predicted octanol–water partition coefficient (Wildman–Crippen LogP) is 3.70. The largest absolute Gasteiger partial charge is 0.326 e. The number of hydroxylamine groups is 1. The van der Waals surface area contributed by atoms with Crippen LogP contribution in [-0.4, -0.2) is 40.5 Å². The maximum Gasteiger partial charge on any atom is 0.266 e. The Balaban J connectivity index is 1.79. The molecule has 8 nitrogen and oxygen atoms in total. The van der Waals surface area contributed by atoms with Crippen molar-refractivity contribution in [3.63, 3.8) is 0 Å². The number of rotatable bonds is 6. The molecule has 29 heavy (non-hydrogen) atoms. The fraction of sp³-hybridized carbons (Fsp3) is 0.333. The van der Waals surface area contributed by atoms with E-state index in [1.165, 1.54) is 10.5 Å². The van der Waals surface area contributed by atoms with Gasteiger partial charge in [0.2, 0.25) is 0 Å². The molecule has 0 aromatic heterocycles. The molecule has 2 N–H and O–H groups in total. The molecule has 1 aliphatic rings. The maximum absolute atomic E-state index is 12.9. The smallest absolute Gasteiger partial charge is 0.266 e. The summed E-state index contributed by atoms with van der Waals surface area (Å²) in [5.41, 5.74) is 14.0. The third-order valence-corrected chi connectivity index (χ3v) is 5.16. The fourth-order valence-corrected chi connectivity index (χ4v) is 3.70. The number of hydrogen-bond acceptors (Lipinski definition) is 4. The molecular weight excluding hydrogens is 370 g/mol. The van der Waals surface area contributed by atoms with Crippen molar-refractivity contribution in [2.24, 2.45) is 5.11 Å².